The molecule has 4 heteroatoms. The molecule has 0 saturated heterocycles. The highest BCUT2D eigenvalue weighted by atomic mass is 16.3. The summed E-state index contributed by atoms with van der Waals surface area (Å²) in [5.74, 6) is -0.0705. The molecule has 0 aromatic carbocycles. The fraction of sp³-hybridized carbons (Fsp3) is 0.689. The topological polar surface area (TPSA) is 69.6 Å². The van der Waals surface area contributed by atoms with Crippen LogP contribution in [0, 0.1) is 0 Å². The van der Waals surface area contributed by atoms with E-state index >= 15 is 0 Å². The van der Waals surface area contributed by atoms with Gasteiger partial charge in [-0.3, -0.25) is 4.79 Å². The fourth-order valence-electron chi connectivity index (χ4n) is 9.62. The van der Waals surface area contributed by atoms with Crippen LogP contribution >= 0.6 is 0 Å². The fourth-order valence-corrected chi connectivity index (χ4v) is 9.62. The van der Waals surface area contributed by atoms with Crippen LogP contribution in [0.3, 0.4) is 0 Å². The third-order valence-corrected chi connectivity index (χ3v) is 14.6. The molecule has 0 bridgehead atoms. The quantitative estimate of drug-likeness (QED) is 0.0420. The highest BCUT2D eigenvalue weighted by molar-refractivity contribution is 5.76. The summed E-state index contributed by atoms with van der Waals surface area (Å²) in [5.41, 5.74) is 0. The van der Waals surface area contributed by atoms with Crippen molar-refractivity contribution in [3.8, 4) is 0 Å². The number of rotatable bonds is 60. The Bertz CT molecular complexity index is 1550. The third-order valence-electron chi connectivity index (χ3n) is 14.6. The molecule has 0 aliphatic heterocycles. The smallest absolute Gasteiger partial charge is 0.220 e. The second-order valence-electron chi connectivity index (χ2n) is 22.2. The van der Waals surface area contributed by atoms with Crippen LogP contribution in [0.4, 0.5) is 0 Å². The molecular weight excluding hydrogens is 951 g/mol. The Morgan fingerprint density at radius 1 is 0.321 bits per heavy atom. The van der Waals surface area contributed by atoms with Crippen LogP contribution in [0.1, 0.15) is 309 Å². The van der Waals surface area contributed by atoms with Crippen molar-refractivity contribution < 1.29 is 15.0 Å². The molecule has 4 nitrogen and oxygen atoms in total. The molecule has 0 aliphatic carbocycles. The van der Waals surface area contributed by atoms with Crippen molar-refractivity contribution in [1.29, 1.82) is 0 Å². The first kappa shape index (κ1) is 74.5. The van der Waals surface area contributed by atoms with Gasteiger partial charge < -0.3 is 15.5 Å². The van der Waals surface area contributed by atoms with E-state index < -0.39 is 12.1 Å². The number of carbonyl (C=O) groups excluding carboxylic acids is 1. The van der Waals surface area contributed by atoms with Gasteiger partial charge in [-0.15, -0.1) is 0 Å². The van der Waals surface area contributed by atoms with Crippen molar-refractivity contribution in [3.05, 3.63) is 134 Å². The van der Waals surface area contributed by atoms with Gasteiger partial charge >= 0.3 is 0 Å². The van der Waals surface area contributed by atoms with E-state index in [0.29, 0.717) is 6.42 Å². The average molecular weight is 1080 g/mol. The Hall–Kier alpha value is -3.47. The lowest BCUT2D eigenvalue weighted by atomic mass is 10.0. The molecule has 446 valence electrons. The van der Waals surface area contributed by atoms with E-state index in [1.54, 1.807) is 6.08 Å². The summed E-state index contributed by atoms with van der Waals surface area (Å²) < 4.78 is 0. The van der Waals surface area contributed by atoms with E-state index in [1.165, 1.54) is 199 Å². The van der Waals surface area contributed by atoms with Gasteiger partial charge in [-0.2, -0.15) is 0 Å². The largest absolute Gasteiger partial charge is 0.394 e. The molecule has 0 fully saturated rings. The second kappa shape index (κ2) is 67.8. The third kappa shape index (κ3) is 63.4. The van der Waals surface area contributed by atoms with Crippen LogP contribution in [0.15, 0.2) is 134 Å². The van der Waals surface area contributed by atoms with Crippen LogP contribution in [-0.4, -0.2) is 34.9 Å². The van der Waals surface area contributed by atoms with Gasteiger partial charge in [0.25, 0.3) is 0 Å². The highest BCUT2D eigenvalue weighted by Gasteiger charge is 2.18. The standard InChI is InChI=1S/C74H127NO3/c1-3-5-7-9-11-13-15-17-19-21-23-25-27-29-30-31-32-33-34-35-36-37-38-39-40-41-42-43-44-46-48-50-52-54-56-58-60-62-64-66-68-70-74(78)75-72(71-76)73(77)69-67-65-63-61-59-57-55-53-51-49-47-45-28-26-24-22-20-18-16-14-12-10-8-6-4-2/h5,7,11,13,17,19,23,25,29-30,32-33,35-36,38-39,41-42,44,46,67,69,72-73,76-77H,3-4,6,8-10,12,14-16,18,20-22,24,26-28,31,34,37,40,43,45,47-66,68,70-71H2,1-2H3,(H,75,78)/b7-5-,13-11-,19-17-,25-23-,30-29-,33-32-,36-35-,39-38-,42-41-,46-44-,69-67+. The Morgan fingerprint density at radius 2 is 0.564 bits per heavy atom. The average Bonchev–Trinajstić information content (AvgIpc) is 3.44. The predicted octanol–water partition coefficient (Wildman–Crippen LogP) is 22.9. The number of aliphatic hydroxyl groups is 2. The van der Waals surface area contributed by atoms with Crippen LogP contribution in [0.5, 0.6) is 0 Å². The summed E-state index contributed by atoms with van der Waals surface area (Å²) in [6.45, 7) is 4.21. The molecule has 0 saturated carbocycles. The molecule has 1 amide bonds. The Kier molecular flexibility index (Phi) is 64.8. The SMILES string of the molecule is CC/C=C\C/C=C\C/C=C\C/C=C\C/C=C\C/C=C\C/C=C\C/C=C\C/C=C\C/C=C\CCCCCCCCCCCCC(=O)NC(CO)C(O)/C=C/CCCCCCCCCCCCCCCCCCCCCCCCC. The van der Waals surface area contributed by atoms with Crippen molar-refractivity contribution in [3.63, 3.8) is 0 Å². The zero-order chi connectivity index (χ0) is 56.2. The molecule has 0 heterocycles. The maximum absolute atomic E-state index is 12.5. The lowest BCUT2D eigenvalue weighted by Crippen LogP contribution is -2.45. The minimum atomic E-state index is -0.851. The summed E-state index contributed by atoms with van der Waals surface area (Å²) in [7, 11) is 0. The molecule has 0 rings (SSSR count). The molecule has 78 heavy (non-hydrogen) atoms. The second-order valence-corrected chi connectivity index (χ2v) is 22.2. The molecule has 0 spiro atoms. The molecule has 2 atom stereocenters. The van der Waals surface area contributed by atoms with E-state index in [1.807, 2.05) is 6.08 Å². The van der Waals surface area contributed by atoms with Crippen molar-refractivity contribution in [2.75, 3.05) is 6.61 Å². The first-order valence-electron chi connectivity index (χ1n) is 33.4. The highest BCUT2D eigenvalue weighted by Crippen LogP contribution is 2.17. The first-order chi connectivity index (χ1) is 38.7. The lowest BCUT2D eigenvalue weighted by Gasteiger charge is -2.20. The number of carbonyl (C=O) groups is 1. The number of hydrogen-bond donors (Lipinski definition) is 3. The van der Waals surface area contributed by atoms with E-state index in [9.17, 15) is 15.0 Å². The Labute approximate surface area is 485 Å². The predicted molar refractivity (Wildman–Crippen MR) is 349 cm³/mol. The molecular formula is C74H127NO3. The van der Waals surface area contributed by atoms with Gasteiger partial charge in [0.1, 0.15) is 0 Å². The molecule has 3 N–H and O–H groups in total. The number of amides is 1. The first-order valence-corrected chi connectivity index (χ1v) is 33.4. The maximum atomic E-state index is 12.5. The normalized spacial score (nSPS) is 13.6. The molecule has 0 aromatic heterocycles. The maximum Gasteiger partial charge on any atom is 0.220 e. The zero-order valence-electron chi connectivity index (χ0n) is 51.4. The van der Waals surface area contributed by atoms with Gasteiger partial charge in [-0.25, -0.2) is 0 Å². The van der Waals surface area contributed by atoms with Crippen LogP contribution < -0.4 is 5.32 Å². The summed E-state index contributed by atoms with van der Waals surface area (Å²) in [6, 6.07) is -0.635. The number of aliphatic hydroxyl groups excluding tert-OH is 2. The van der Waals surface area contributed by atoms with Gasteiger partial charge in [-0.05, 0) is 96.3 Å². The number of unbranched alkanes of at least 4 members (excludes halogenated alkanes) is 33. The number of allylic oxidation sites excluding steroid dienone is 21. The summed E-state index contributed by atoms with van der Waals surface area (Å²) in [5, 5.41) is 23.3. The minimum absolute atomic E-state index is 0.0705. The molecule has 2 unspecified atom stereocenters. The van der Waals surface area contributed by atoms with Gasteiger partial charge in [-0.1, -0.05) is 340 Å². The van der Waals surface area contributed by atoms with Crippen LogP contribution in [0.2, 0.25) is 0 Å². The van der Waals surface area contributed by atoms with Gasteiger partial charge in [0.05, 0.1) is 18.8 Å². The summed E-state index contributed by atoms with van der Waals surface area (Å²) >= 11 is 0. The van der Waals surface area contributed by atoms with Crippen molar-refractivity contribution in [1.82, 2.24) is 5.32 Å². The Balaban J connectivity index is 3.58. The van der Waals surface area contributed by atoms with Crippen LogP contribution in [-0.2, 0) is 4.79 Å². The lowest BCUT2D eigenvalue weighted by molar-refractivity contribution is -0.123. The van der Waals surface area contributed by atoms with Gasteiger partial charge in [0.2, 0.25) is 5.91 Å². The van der Waals surface area contributed by atoms with Gasteiger partial charge in [0.15, 0.2) is 0 Å². The summed E-state index contributed by atoms with van der Waals surface area (Å²) in [6.07, 6.45) is 105. The number of nitrogens with one attached hydrogen (secondary N) is 1. The van der Waals surface area contributed by atoms with E-state index in [-0.39, 0.29) is 12.5 Å². The molecule has 0 aliphatic rings. The van der Waals surface area contributed by atoms with E-state index in [2.05, 4.69) is 141 Å². The Morgan fingerprint density at radius 3 is 0.846 bits per heavy atom. The van der Waals surface area contributed by atoms with E-state index in [4.69, 9.17) is 0 Å². The zero-order valence-corrected chi connectivity index (χ0v) is 51.4. The van der Waals surface area contributed by atoms with E-state index in [0.717, 1.165) is 89.9 Å². The van der Waals surface area contributed by atoms with Crippen LogP contribution in [0.25, 0.3) is 0 Å². The number of hydrogen-bond acceptors (Lipinski definition) is 3. The summed E-state index contributed by atoms with van der Waals surface area (Å²) in [4.78, 5) is 12.5. The van der Waals surface area contributed by atoms with Crippen molar-refractivity contribution >= 4 is 5.91 Å². The van der Waals surface area contributed by atoms with Crippen molar-refractivity contribution in [2.24, 2.45) is 0 Å². The minimum Gasteiger partial charge on any atom is -0.394 e. The van der Waals surface area contributed by atoms with Gasteiger partial charge in [0, 0.05) is 6.42 Å². The molecule has 0 aromatic rings. The van der Waals surface area contributed by atoms with Crippen molar-refractivity contribution in [2.45, 2.75) is 321 Å². The molecule has 0 radical (unpaired) electrons. The monoisotopic (exact) mass is 1080 g/mol.